The third kappa shape index (κ3) is 9.19. The van der Waals surface area contributed by atoms with Gasteiger partial charge >= 0.3 is 5.97 Å². The average molecular weight is 386 g/mol. The van der Waals surface area contributed by atoms with Gasteiger partial charge in [-0.05, 0) is 19.3 Å². The molecule has 1 heterocycles. The second-order valence-corrected chi connectivity index (χ2v) is 7.05. The minimum atomic E-state index is -0.553. The molecule has 0 unspecified atom stereocenters. The van der Waals surface area contributed by atoms with Crippen molar-refractivity contribution in [3.05, 3.63) is 12.2 Å². The maximum absolute atomic E-state index is 11.8. The van der Waals surface area contributed by atoms with Crippen LogP contribution in [0, 0.1) is 0 Å². The number of esters is 1. The molecule has 6 heteroatoms. The Labute approximate surface area is 164 Å². The van der Waals surface area contributed by atoms with Gasteiger partial charge in [0.15, 0.2) is 6.10 Å². The molecule has 0 aromatic carbocycles. The van der Waals surface area contributed by atoms with Gasteiger partial charge in [-0.2, -0.15) is 0 Å². The molecule has 0 amide bonds. The van der Waals surface area contributed by atoms with Gasteiger partial charge in [0.25, 0.3) is 0 Å². The Morgan fingerprint density at radius 1 is 1.11 bits per heavy atom. The Balaban J connectivity index is 2.64. The Hall–Kier alpha value is -0.950. The highest BCUT2D eigenvalue weighted by Crippen LogP contribution is 2.25. The van der Waals surface area contributed by atoms with Crippen LogP contribution < -0.4 is 5.73 Å². The Bertz CT molecular complexity index is 415. The van der Waals surface area contributed by atoms with E-state index in [1.165, 1.54) is 25.7 Å². The standard InChI is InChI=1S/C21H39NO5/c1-4-6-8-9-10-11-12-13-17-21(27-19(23)15-22)20(24-3)18(16-26-17)25-14-7-5-2/h12-13,17-18,20-21H,4-11,14-16,22H2,1-3H3/t17-,18-,20-,21-/m1/s1. The van der Waals surface area contributed by atoms with E-state index in [1.807, 2.05) is 6.08 Å². The van der Waals surface area contributed by atoms with Crippen molar-refractivity contribution in [3.8, 4) is 0 Å². The van der Waals surface area contributed by atoms with Crippen LogP contribution in [-0.2, 0) is 23.7 Å². The van der Waals surface area contributed by atoms with E-state index in [0.29, 0.717) is 13.2 Å². The van der Waals surface area contributed by atoms with E-state index in [9.17, 15) is 4.79 Å². The summed E-state index contributed by atoms with van der Waals surface area (Å²) < 4.78 is 23.0. The first kappa shape index (κ1) is 24.1. The lowest BCUT2D eigenvalue weighted by molar-refractivity contribution is -0.214. The summed E-state index contributed by atoms with van der Waals surface area (Å²) in [4.78, 5) is 11.8. The molecule has 0 bridgehead atoms. The number of carbonyl (C=O) groups excluding carboxylic acids is 1. The predicted molar refractivity (Wildman–Crippen MR) is 107 cm³/mol. The average Bonchev–Trinajstić information content (AvgIpc) is 2.68. The number of rotatable bonds is 14. The fourth-order valence-corrected chi connectivity index (χ4v) is 3.20. The first-order valence-corrected chi connectivity index (χ1v) is 10.5. The normalized spacial score (nSPS) is 25.8. The molecule has 1 aliphatic heterocycles. The van der Waals surface area contributed by atoms with E-state index in [1.54, 1.807) is 7.11 Å². The molecule has 1 aliphatic rings. The van der Waals surface area contributed by atoms with Crippen LogP contribution in [0.15, 0.2) is 12.2 Å². The zero-order valence-corrected chi connectivity index (χ0v) is 17.4. The van der Waals surface area contributed by atoms with Crippen LogP contribution in [0.3, 0.4) is 0 Å². The fourth-order valence-electron chi connectivity index (χ4n) is 3.20. The van der Waals surface area contributed by atoms with Crippen molar-refractivity contribution in [1.29, 1.82) is 0 Å². The number of carbonyl (C=O) groups is 1. The Morgan fingerprint density at radius 2 is 1.85 bits per heavy atom. The van der Waals surface area contributed by atoms with Crippen molar-refractivity contribution in [2.45, 2.75) is 89.6 Å². The Kier molecular flexibility index (Phi) is 13.4. The van der Waals surface area contributed by atoms with Gasteiger partial charge in [-0.1, -0.05) is 58.1 Å². The van der Waals surface area contributed by atoms with Crippen LogP contribution in [-0.4, -0.2) is 57.3 Å². The Morgan fingerprint density at radius 3 is 2.52 bits per heavy atom. The summed E-state index contributed by atoms with van der Waals surface area (Å²) in [6.07, 6.45) is 11.8. The van der Waals surface area contributed by atoms with E-state index in [-0.39, 0.29) is 24.9 Å². The van der Waals surface area contributed by atoms with Crippen molar-refractivity contribution in [2.24, 2.45) is 5.73 Å². The summed E-state index contributed by atoms with van der Waals surface area (Å²) in [5.41, 5.74) is 5.43. The number of nitrogens with two attached hydrogens (primary N) is 1. The second-order valence-electron chi connectivity index (χ2n) is 7.05. The van der Waals surface area contributed by atoms with Crippen LogP contribution in [0.25, 0.3) is 0 Å². The minimum Gasteiger partial charge on any atom is -0.455 e. The molecule has 6 nitrogen and oxygen atoms in total. The molecule has 1 fully saturated rings. The molecule has 1 saturated heterocycles. The predicted octanol–water partition coefficient (Wildman–Crippen LogP) is 3.37. The highest BCUT2D eigenvalue weighted by Gasteiger charge is 2.42. The number of hydrogen-bond acceptors (Lipinski definition) is 6. The van der Waals surface area contributed by atoms with Gasteiger partial charge in [-0.25, -0.2) is 0 Å². The van der Waals surface area contributed by atoms with Crippen molar-refractivity contribution in [3.63, 3.8) is 0 Å². The largest absolute Gasteiger partial charge is 0.455 e. The quantitative estimate of drug-likeness (QED) is 0.280. The zero-order valence-electron chi connectivity index (χ0n) is 17.4. The molecule has 0 aromatic rings. The molecule has 2 N–H and O–H groups in total. The summed E-state index contributed by atoms with van der Waals surface area (Å²) in [7, 11) is 1.62. The maximum atomic E-state index is 11.8. The van der Waals surface area contributed by atoms with Gasteiger partial charge in [-0.3, -0.25) is 4.79 Å². The van der Waals surface area contributed by atoms with E-state index < -0.39 is 12.1 Å². The summed E-state index contributed by atoms with van der Waals surface area (Å²) >= 11 is 0. The molecule has 158 valence electrons. The smallest absolute Gasteiger partial charge is 0.320 e. The van der Waals surface area contributed by atoms with Crippen LogP contribution in [0.1, 0.15) is 65.2 Å². The van der Waals surface area contributed by atoms with Crippen molar-refractivity contribution < 1.29 is 23.7 Å². The van der Waals surface area contributed by atoms with Gasteiger partial charge in [0.1, 0.15) is 18.3 Å². The summed E-state index contributed by atoms with van der Waals surface area (Å²) in [5.74, 6) is -0.460. The van der Waals surface area contributed by atoms with Crippen LogP contribution in [0.5, 0.6) is 0 Å². The SMILES string of the molecule is CCCCCCCC=C[C@H]1OC[C@@H](OCCCC)[C@@H](OC)[C@@H]1OC(=O)CN. The molecule has 0 spiro atoms. The van der Waals surface area contributed by atoms with Crippen LogP contribution >= 0.6 is 0 Å². The lowest BCUT2D eigenvalue weighted by atomic mass is 9.98. The molecular formula is C21H39NO5. The molecule has 0 saturated carbocycles. The zero-order chi connectivity index (χ0) is 19.9. The third-order valence-corrected chi connectivity index (χ3v) is 4.80. The van der Waals surface area contributed by atoms with Crippen LogP contribution in [0.2, 0.25) is 0 Å². The summed E-state index contributed by atoms with van der Waals surface area (Å²) in [6.45, 7) is 5.23. The van der Waals surface area contributed by atoms with E-state index in [2.05, 4.69) is 19.9 Å². The second kappa shape index (κ2) is 15.0. The van der Waals surface area contributed by atoms with Gasteiger partial charge in [0, 0.05) is 13.7 Å². The lowest BCUT2D eigenvalue weighted by Crippen LogP contribution is -2.56. The van der Waals surface area contributed by atoms with Gasteiger partial charge in [0.05, 0.1) is 13.2 Å². The number of methoxy groups -OCH3 is 1. The monoisotopic (exact) mass is 385 g/mol. The first-order valence-electron chi connectivity index (χ1n) is 10.5. The number of hydrogen-bond donors (Lipinski definition) is 1. The van der Waals surface area contributed by atoms with Gasteiger partial charge in [0.2, 0.25) is 0 Å². The van der Waals surface area contributed by atoms with Gasteiger partial charge in [-0.15, -0.1) is 0 Å². The van der Waals surface area contributed by atoms with Gasteiger partial charge < -0.3 is 24.7 Å². The molecule has 0 aromatic heterocycles. The van der Waals surface area contributed by atoms with Crippen LogP contribution in [0.4, 0.5) is 0 Å². The van der Waals surface area contributed by atoms with Crippen molar-refractivity contribution in [1.82, 2.24) is 0 Å². The number of allylic oxidation sites excluding steroid dienone is 1. The number of ether oxygens (including phenoxy) is 4. The topological polar surface area (TPSA) is 80.0 Å². The molecule has 27 heavy (non-hydrogen) atoms. The molecule has 4 atom stereocenters. The minimum absolute atomic E-state index is 0.165. The van der Waals surface area contributed by atoms with E-state index >= 15 is 0 Å². The highest BCUT2D eigenvalue weighted by molar-refractivity contribution is 5.71. The number of unbranched alkanes of at least 4 members (excludes halogenated alkanes) is 6. The molecule has 1 rings (SSSR count). The third-order valence-electron chi connectivity index (χ3n) is 4.80. The highest BCUT2D eigenvalue weighted by atomic mass is 16.6. The lowest BCUT2D eigenvalue weighted by Gasteiger charge is -2.40. The maximum Gasteiger partial charge on any atom is 0.320 e. The van der Waals surface area contributed by atoms with Crippen molar-refractivity contribution in [2.75, 3.05) is 26.9 Å². The van der Waals surface area contributed by atoms with E-state index in [4.69, 9.17) is 24.7 Å². The summed E-state index contributed by atoms with van der Waals surface area (Å²) in [6, 6.07) is 0. The fraction of sp³-hybridized carbons (Fsp3) is 0.857. The van der Waals surface area contributed by atoms with E-state index in [0.717, 1.165) is 25.7 Å². The molecule has 0 aliphatic carbocycles. The van der Waals surface area contributed by atoms with Crippen molar-refractivity contribution >= 4 is 5.97 Å². The summed E-state index contributed by atoms with van der Waals surface area (Å²) in [5, 5.41) is 0. The molecule has 0 radical (unpaired) electrons. The molecular weight excluding hydrogens is 346 g/mol. The first-order chi connectivity index (χ1) is 13.2.